The normalized spacial score (nSPS) is 27.5. The molecule has 1 aromatic carbocycles. The zero-order valence-electron chi connectivity index (χ0n) is 11.3. The summed E-state index contributed by atoms with van der Waals surface area (Å²) >= 11 is 0. The van der Waals surface area contributed by atoms with Crippen LogP contribution in [0.2, 0.25) is 0 Å². The summed E-state index contributed by atoms with van der Waals surface area (Å²) in [6.07, 6.45) is 7.99. The molecule has 1 aromatic rings. The minimum Gasteiger partial charge on any atom is -0.394 e. The molecule has 1 fully saturated rings. The van der Waals surface area contributed by atoms with Crippen molar-refractivity contribution in [3.05, 3.63) is 35.1 Å². The van der Waals surface area contributed by atoms with E-state index in [-0.39, 0.29) is 18.0 Å². The lowest BCUT2D eigenvalue weighted by Crippen LogP contribution is -2.49. The largest absolute Gasteiger partial charge is 0.394 e. The predicted octanol–water partition coefficient (Wildman–Crippen LogP) is 2.88. The molecule has 0 radical (unpaired) electrons. The number of benzene rings is 1. The zero-order valence-corrected chi connectivity index (χ0v) is 11.3. The van der Waals surface area contributed by atoms with Crippen molar-refractivity contribution in [3.8, 4) is 0 Å². The number of fused-ring (bicyclic) bond motifs is 1. The van der Waals surface area contributed by atoms with E-state index in [9.17, 15) is 9.50 Å². The highest BCUT2D eigenvalue weighted by Crippen LogP contribution is 2.38. The van der Waals surface area contributed by atoms with E-state index in [4.69, 9.17) is 0 Å². The average molecular weight is 263 g/mol. The van der Waals surface area contributed by atoms with Gasteiger partial charge in [-0.05, 0) is 48.9 Å². The second-order valence-electron chi connectivity index (χ2n) is 6.02. The lowest BCUT2D eigenvalue weighted by atomic mass is 9.88. The van der Waals surface area contributed by atoms with Gasteiger partial charge in [0.25, 0.3) is 0 Å². The van der Waals surface area contributed by atoms with Gasteiger partial charge in [0.2, 0.25) is 0 Å². The van der Waals surface area contributed by atoms with Crippen LogP contribution in [0.3, 0.4) is 0 Å². The lowest BCUT2D eigenvalue weighted by Gasteiger charge is -2.36. The summed E-state index contributed by atoms with van der Waals surface area (Å²) in [6, 6.07) is 5.48. The maximum atomic E-state index is 13.3. The molecule has 3 rings (SSSR count). The number of nitrogens with one attached hydrogen (secondary N) is 1. The third-order valence-corrected chi connectivity index (χ3v) is 4.76. The van der Waals surface area contributed by atoms with E-state index in [2.05, 4.69) is 5.32 Å². The maximum absolute atomic E-state index is 13.3. The van der Waals surface area contributed by atoms with Crippen LogP contribution in [-0.2, 0) is 12.0 Å². The van der Waals surface area contributed by atoms with Crippen LogP contribution < -0.4 is 5.32 Å². The first-order valence-electron chi connectivity index (χ1n) is 7.41. The van der Waals surface area contributed by atoms with Gasteiger partial charge >= 0.3 is 0 Å². The number of aliphatic hydroxyl groups is 1. The molecule has 2 aliphatic carbocycles. The van der Waals surface area contributed by atoms with Crippen LogP contribution in [-0.4, -0.2) is 17.8 Å². The first-order chi connectivity index (χ1) is 9.23. The highest BCUT2D eigenvalue weighted by Gasteiger charge is 2.39. The summed E-state index contributed by atoms with van der Waals surface area (Å²) in [5.41, 5.74) is 1.81. The quantitative estimate of drug-likeness (QED) is 0.879. The molecule has 3 heteroatoms. The van der Waals surface area contributed by atoms with Crippen LogP contribution in [0.1, 0.15) is 49.7 Å². The smallest absolute Gasteiger partial charge is 0.123 e. The Balaban J connectivity index is 1.85. The van der Waals surface area contributed by atoms with Gasteiger partial charge in [0.15, 0.2) is 0 Å². The molecule has 2 aliphatic rings. The molecular weight excluding hydrogens is 241 g/mol. The molecule has 104 valence electrons. The van der Waals surface area contributed by atoms with Crippen molar-refractivity contribution in [3.63, 3.8) is 0 Å². The molecule has 2 nitrogen and oxygen atoms in total. The molecule has 0 spiro atoms. The average Bonchev–Trinajstić information content (AvgIpc) is 2.78. The summed E-state index contributed by atoms with van der Waals surface area (Å²) in [7, 11) is 0. The van der Waals surface area contributed by atoms with Crippen LogP contribution in [0.15, 0.2) is 18.2 Å². The van der Waals surface area contributed by atoms with E-state index in [1.165, 1.54) is 38.2 Å². The first-order valence-corrected chi connectivity index (χ1v) is 7.41. The van der Waals surface area contributed by atoms with Crippen molar-refractivity contribution in [2.24, 2.45) is 0 Å². The first kappa shape index (κ1) is 13.1. The van der Waals surface area contributed by atoms with Crippen LogP contribution in [0.5, 0.6) is 0 Å². The molecule has 1 unspecified atom stereocenters. The lowest BCUT2D eigenvalue weighted by molar-refractivity contribution is 0.137. The summed E-state index contributed by atoms with van der Waals surface area (Å²) < 4.78 is 13.3. The molecule has 1 saturated carbocycles. The Kier molecular flexibility index (Phi) is 3.59. The van der Waals surface area contributed by atoms with Gasteiger partial charge in [0.1, 0.15) is 5.82 Å². The monoisotopic (exact) mass is 263 g/mol. The fraction of sp³-hybridized carbons (Fsp3) is 0.625. The number of aryl methyl sites for hydroxylation is 1. The molecule has 19 heavy (non-hydrogen) atoms. The molecular formula is C16H22FNO. The number of rotatable bonds is 3. The van der Waals surface area contributed by atoms with E-state index >= 15 is 0 Å². The van der Waals surface area contributed by atoms with Gasteiger partial charge in [-0.1, -0.05) is 25.3 Å². The van der Waals surface area contributed by atoms with Crippen LogP contribution in [0.4, 0.5) is 4.39 Å². The van der Waals surface area contributed by atoms with Crippen molar-refractivity contribution >= 4 is 0 Å². The molecule has 0 aliphatic heterocycles. The molecule has 2 N–H and O–H groups in total. The minimum atomic E-state index is -0.342. The number of aliphatic hydroxyl groups excluding tert-OH is 1. The highest BCUT2D eigenvalue weighted by molar-refractivity contribution is 5.39. The third-order valence-electron chi connectivity index (χ3n) is 4.76. The van der Waals surface area contributed by atoms with Crippen LogP contribution in [0.25, 0.3) is 0 Å². The summed E-state index contributed by atoms with van der Waals surface area (Å²) in [5, 5.41) is 13.6. The molecule has 0 bridgehead atoms. The van der Waals surface area contributed by atoms with Gasteiger partial charge in [-0.15, -0.1) is 0 Å². The van der Waals surface area contributed by atoms with Crippen molar-refractivity contribution in [2.75, 3.05) is 6.61 Å². The number of hydrogen-bond acceptors (Lipinski definition) is 2. The van der Waals surface area contributed by atoms with Crippen molar-refractivity contribution in [2.45, 2.75) is 56.5 Å². The Hall–Kier alpha value is -0.930. The summed E-state index contributed by atoms with van der Waals surface area (Å²) in [5.74, 6) is -0.176. The van der Waals surface area contributed by atoms with E-state index in [1.807, 2.05) is 6.07 Å². The fourth-order valence-corrected chi connectivity index (χ4v) is 3.72. The van der Waals surface area contributed by atoms with Crippen molar-refractivity contribution < 1.29 is 9.50 Å². The minimum absolute atomic E-state index is 0.0993. The summed E-state index contributed by atoms with van der Waals surface area (Å²) in [4.78, 5) is 0. The fourth-order valence-electron chi connectivity index (χ4n) is 3.72. The van der Waals surface area contributed by atoms with E-state index in [0.717, 1.165) is 24.0 Å². The molecule has 0 heterocycles. The Morgan fingerprint density at radius 1 is 1.26 bits per heavy atom. The van der Waals surface area contributed by atoms with Gasteiger partial charge in [-0.25, -0.2) is 4.39 Å². The SMILES string of the molecule is OCC1(NC2CCCCC2)CCc2cc(F)ccc21. The Morgan fingerprint density at radius 3 is 2.79 bits per heavy atom. The molecule has 0 amide bonds. The van der Waals surface area contributed by atoms with Gasteiger partial charge in [0, 0.05) is 6.04 Å². The number of halogens is 1. The predicted molar refractivity (Wildman–Crippen MR) is 73.5 cm³/mol. The van der Waals surface area contributed by atoms with E-state index < -0.39 is 0 Å². The Bertz CT molecular complexity index is 456. The van der Waals surface area contributed by atoms with Crippen molar-refractivity contribution in [1.29, 1.82) is 0 Å². The van der Waals surface area contributed by atoms with Gasteiger partial charge in [0.05, 0.1) is 12.1 Å². The maximum Gasteiger partial charge on any atom is 0.123 e. The Morgan fingerprint density at radius 2 is 2.05 bits per heavy atom. The van der Waals surface area contributed by atoms with Gasteiger partial charge in [-0.2, -0.15) is 0 Å². The van der Waals surface area contributed by atoms with Crippen LogP contribution >= 0.6 is 0 Å². The van der Waals surface area contributed by atoms with Crippen LogP contribution in [0, 0.1) is 5.82 Å². The Labute approximate surface area is 114 Å². The van der Waals surface area contributed by atoms with E-state index in [0.29, 0.717) is 6.04 Å². The van der Waals surface area contributed by atoms with Gasteiger partial charge < -0.3 is 10.4 Å². The summed E-state index contributed by atoms with van der Waals surface area (Å²) in [6.45, 7) is 0.0993. The zero-order chi connectivity index (χ0) is 13.3. The second kappa shape index (κ2) is 5.22. The highest BCUT2D eigenvalue weighted by atomic mass is 19.1. The second-order valence-corrected chi connectivity index (χ2v) is 6.02. The molecule has 1 atom stereocenters. The van der Waals surface area contributed by atoms with Crippen molar-refractivity contribution in [1.82, 2.24) is 5.32 Å². The molecule has 0 saturated heterocycles. The van der Waals surface area contributed by atoms with Gasteiger partial charge in [-0.3, -0.25) is 0 Å². The van der Waals surface area contributed by atoms with E-state index in [1.54, 1.807) is 6.07 Å². The third kappa shape index (κ3) is 2.41. The molecule has 0 aromatic heterocycles. The topological polar surface area (TPSA) is 32.3 Å². The standard InChI is InChI=1S/C16H22FNO/c17-13-6-7-15-12(10-13)8-9-16(15,11-19)18-14-4-2-1-3-5-14/h6-7,10,14,18-19H,1-5,8-9,11H2. The number of hydrogen-bond donors (Lipinski definition) is 2.